The van der Waals surface area contributed by atoms with Crippen molar-refractivity contribution in [3.05, 3.63) is 58.8 Å². The molecule has 7 nitrogen and oxygen atoms in total. The highest BCUT2D eigenvalue weighted by molar-refractivity contribution is 5.84. The highest BCUT2D eigenvalue weighted by Gasteiger charge is 2.27. The smallest absolute Gasteiger partial charge is 0.410 e. The Hall–Kier alpha value is -3.53. The molecule has 1 aliphatic rings. The number of aromatic nitrogens is 1. The number of fused-ring (bicyclic) bond motifs is 1. The molecule has 0 spiro atoms. The molecule has 0 atom stereocenters. The number of likely N-dealkylation sites (tertiary alicyclic amines) is 1. The van der Waals surface area contributed by atoms with E-state index in [1.807, 2.05) is 62.9 Å². The van der Waals surface area contributed by atoms with Crippen molar-refractivity contribution in [1.29, 1.82) is 5.26 Å². The fraction of sp³-hybridized carbons (Fsp3) is 0.464. The van der Waals surface area contributed by atoms with Crippen molar-refractivity contribution in [1.82, 2.24) is 10.1 Å². The molecule has 4 rings (SSSR count). The first-order chi connectivity index (χ1) is 16.7. The van der Waals surface area contributed by atoms with Crippen molar-refractivity contribution in [3.63, 3.8) is 0 Å². The van der Waals surface area contributed by atoms with Gasteiger partial charge < -0.3 is 18.9 Å². The molecule has 0 N–H and O–H groups in total. The van der Waals surface area contributed by atoms with Gasteiger partial charge in [0.2, 0.25) is 0 Å². The van der Waals surface area contributed by atoms with E-state index in [0.29, 0.717) is 18.1 Å². The van der Waals surface area contributed by atoms with Crippen molar-refractivity contribution in [2.75, 3.05) is 13.1 Å². The van der Waals surface area contributed by atoms with Gasteiger partial charge in [0, 0.05) is 29.6 Å². The fourth-order valence-corrected chi connectivity index (χ4v) is 4.49. The van der Waals surface area contributed by atoms with Gasteiger partial charge in [0.05, 0.1) is 17.3 Å². The van der Waals surface area contributed by atoms with Crippen LogP contribution in [0.2, 0.25) is 0 Å². The molecule has 1 aromatic heterocycles. The molecule has 2 heterocycles. The number of carbonyl (C=O) groups is 1. The topological polar surface area (TPSA) is 88.6 Å². The zero-order valence-corrected chi connectivity index (χ0v) is 21.0. The van der Waals surface area contributed by atoms with Gasteiger partial charge in [-0.2, -0.15) is 5.26 Å². The van der Waals surface area contributed by atoms with Gasteiger partial charge in [-0.1, -0.05) is 23.4 Å². The fourth-order valence-electron chi connectivity index (χ4n) is 4.49. The monoisotopic (exact) mass is 475 g/mol. The van der Waals surface area contributed by atoms with E-state index in [1.165, 1.54) is 0 Å². The van der Waals surface area contributed by atoms with Crippen molar-refractivity contribution in [2.45, 2.75) is 65.6 Å². The molecule has 184 valence electrons. The van der Waals surface area contributed by atoms with Crippen LogP contribution in [0.25, 0.3) is 11.0 Å². The Morgan fingerprint density at radius 2 is 1.94 bits per heavy atom. The van der Waals surface area contributed by atoms with Crippen molar-refractivity contribution in [3.8, 4) is 11.8 Å². The highest BCUT2D eigenvalue weighted by Crippen LogP contribution is 2.32. The van der Waals surface area contributed by atoms with Crippen LogP contribution >= 0.6 is 0 Å². The minimum atomic E-state index is -0.466. The Morgan fingerprint density at radius 1 is 1.20 bits per heavy atom. The van der Waals surface area contributed by atoms with Crippen LogP contribution < -0.4 is 4.74 Å². The van der Waals surface area contributed by atoms with Gasteiger partial charge >= 0.3 is 6.09 Å². The number of benzene rings is 2. The average molecular weight is 476 g/mol. The molecule has 7 heteroatoms. The van der Waals surface area contributed by atoms with E-state index >= 15 is 0 Å². The summed E-state index contributed by atoms with van der Waals surface area (Å²) in [7, 11) is 0. The van der Waals surface area contributed by atoms with E-state index in [0.717, 1.165) is 72.3 Å². The van der Waals surface area contributed by atoms with E-state index in [4.69, 9.17) is 14.0 Å². The van der Waals surface area contributed by atoms with Crippen LogP contribution in [0.3, 0.4) is 0 Å². The van der Waals surface area contributed by atoms with Gasteiger partial charge in [0.15, 0.2) is 5.58 Å². The Labute approximate surface area is 206 Å². The lowest BCUT2D eigenvalue weighted by atomic mass is 9.91. The zero-order chi connectivity index (χ0) is 25.0. The van der Waals surface area contributed by atoms with E-state index in [1.54, 1.807) is 6.07 Å². The van der Waals surface area contributed by atoms with Crippen LogP contribution in [0, 0.1) is 24.2 Å². The van der Waals surface area contributed by atoms with Gasteiger partial charge in [-0.15, -0.1) is 0 Å². The minimum Gasteiger partial charge on any atom is -0.488 e. The first-order valence-corrected chi connectivity index (χ1v) is 12.2. The number of aryl methyl sites for hydroxylation is 2. The SMILES string of the molecule is Cc1c(OCc2ccccc2C#N)ccc2c(CCC3CCN(C(=O)OC(C)(C)C)CC3)noc12. The van der Waals surface area contributed by atoms with Crippen molar-refractivity contribution >= 4 is 17.1 Å². The van der Waals surface area contributed by atoms with Crippen LogP contribution in [0.1, 0.15) is 62.4 Å². The molecule has 3 aromatic rings. The molecule has 1 saturated heterocycles. The molecule has 1 aliphatic heterocycles. The number of rotatable bonds is 6. The van der Waals surface area contributed by atoms with E-state index in [9.17, 15) is 10.1 Å². The predicted octanol–water partition coefficient (Wildman–Crippen LogP) is 6.17. The largest absolute Gasteiger partial charge is 0.488 e. The second-order valence-corrected chi connectivity index (χ2v) is 10.2. The third-order valence-corrected chi connectivity index (χ3v) is 6.49. The predicted molar refractivity (Wildman–Crippen MR) is 133 cm³/mol. The summed E-state index contributed by atoms with van der Waals surface area (Å²) < 4.78 is 17.2. The summed E-state index contributed by atoms with van der Waals surface area (Å²) in [6.07, 6.45) is 3.56. The maximum absolute atomic E-state index is 12.3. The second-order valence-electron chi connectivity index (χ2n) is 10.2. The van der Waals surface area contributed by atoms with Crippen LogP contribution in [0.5, 0.6) is 5.75 Å². The van der Waals surface area contributed by atoms with E-state index in [2.05, 4.69) is 11.2 Å². The van der Waals surface area contributed by atoms with E-state index < -0.39 is 5.60 Å². The molecule has 2 aromatic carbocycles. The molecular weight excluding hydrogens is 442 g/mol. The molecule has 0 unspecified atom stereocenters. The first kappa shape index (κ1) is 24.6. The molecule has 0 bridgehead atoms. The third kappa shape index (κ3) is 5.94. The Kier molecular flexibility index (Phi) is 7.30. The molecule has 1 amide bonds. The molecular formula is C28H33N3O4. The highest BCUT2D eigenvalue weighted by atomic mass is 16.6. The lowest BCUT2D eigenvalue weighted by Crippen LogP contribution is -2.41. The summed E-state index contributed by atoms with van der Waals surface area (Å²) in [6, 6.07) is 13.6. The van der Waals surface area contributed by atoms with Crippen molar-refractivity contribution < 1.29 is 18.8 Å². The summed E-state index contributed by atoms with van der Waals surface area (Å²) in [6.45, 7) is 9.43. The standard InChI is InChI=1S/C28H33N3O4/c1-19-25(33-18-22-8-6-5-7-21(22)17-29)12-10-23-24(30-35-26(19)23)11-9-20-13-15-31(16-14-20)27(32)34-28(2,3)4/h5-8,10,12,20H,9,11,13-16,18H2,1-4H3. The van der Waals surface area contributed by atoms with Crippen LogP contribution in [-0.2, 0) is 17.8 Å². The van der Waals surface area contributed by atoms with Crippen LogP contribution in [-0.4, -0.2) is 34.8 Å². The number of hydrogen-bond acceptors (Lipinski definition) is 6. The van der Waals surface area contributed by atoms with Gasteiger partial charge in [0.1, 0.15) is 18.0 Å². The normalized spacial score (nSPS) is 14.7. The Balaban J connectivity index is 1.34. The molecule has 0 saturated carbocycles. The summed E-state index contributed by atoms with van der Waals surface area (Å²) in [4.78, 5) is 14.1. The van der Waals surface area contributed by atoms with Gasteiger partial charge in [-0.05, 0) is 77.5 Å². The number of nitrogens with zero attached hydrogens (tertiary/aromatic N) is 3. The average Bonchev–Trinajstić information content (AvgIpc) is 3.25. The van der Waals surface area contributed by atoms with Crippen molar-refractivity contribution in [2.24, 2.45) is 5.92 Å². The van der Waals surface area contributed by atoms with E-state index in [-0.39, 0.29) is 6.09 Å². The summed E-state index contributed by atoms with van der Waals surface area (Å²) in [5, 5.41) is 14.7. The Morgan fingerprint density at radius 3 is 2.66 bits per heavy atom. The van der Waals surface area contributed by atoms with Crippen LogP contribution in [0.4, 0.5) is 4.79 Å². The lowest BCUT2D eigenvalue weighted by molar-refractivity contribution is 0.0181. The summed E-state index contributed by atoms with van der Waals surface area (Å²) >= 11 is 0. The molecule has 35 heavy (non-hydrogen) atoms. The maximum Gasteiger partial charge on any atom is 0.410 e. The number of nitriles is 1. The minimum absolute atomic E-state index is 0.219. The first-order valence-electron chi connectivity index (χ1n) is 12.2. The van der Waals surface area contributed by atoms with Gasteiger partial charge in [-0.3, -0.25) is 0 Å². The summed E-state index contributed by atoms with van der Waals surface area (Å²) in [5.74, 6) is 1.27. The quantitative estimate of drug-likeness (QED) is 0.424. The number of carbonyl (C=O) groups excluding carboxylic acids is 1. The number of ether oxygens (including phenoxy) is 2. The maximum atomic E-state index is 12.3. The number of piperidine rings is 1. The third-order valence-electron chi connectivity index (χ3n) is 6.49. The zero-order valence-electron chi connectivity index (χ0n) is 21.0. The lowest BCUT2D eigenvalue weighted by Gasteiger charge is -2.33. The number of amides is 1. The number of hydrogen-bond donors (Lipinski definition) is 0. The van der Waals surface area contributed by atoms with Crippen LogP contribution in [0.15, 0.2) is 40.9 Å². The second kappa shape index (κ2) is 10.4. The molecule has 0 radical (unpaired) electrons. The Bertz CT molecular complexity index is 1230. The van der Waals surface area contributed by atoms with Gasteiger partial charge in [-0.25, -0.2) is 4.79 Å². The molecule has 0 aliphatic carbocycles. The van der Waals surface area contributed by atoms with Gasteiger partial charge in [0.25, 0.3) is 0 Å². The summed E-state index contributed by atoms with van der Waals surface area (Å²) in [5.41, 5.74) is 3.60. The molecule has 1 fully saturated rings.